The molecule has 0 saturated carbocycles. The SMILES string of the molecule is C[C@@H]1C[C@@H](C)CN(c2ccc(N3C(=S)N[C@@H](c4ccccn4)[C@@H]3c3ccc(-c4ccccc4C(=O)O)o3)cc2Cl)C1. The number of thiocarbonyl (C=S) groups is 1. The van der Waals surface area contributed by atoms with Crippen LogP contribution < -0.4 is 15.1 Å². The number of nitrogens with zero attached hydrogens (tertiary/aromatic N) is 3. The largest absolute Gasteiger partial charge is 0.478 e. The van der Waals surface area contributed by atoms with Crippen LogP contribution in [0.2, 0.25) is 5.02 Å². The minimum atomic E-state index is -1.01. The topological polar surface area (TPSA) is 81.8 Å². The van der Waals surface area contributed by atoms with Gasteiger partial charge in [0, 0.05) is 30.5 Å². The predicted molar refractivity (Wildman–Crippen MR) is 166 cm³/mol. The second-order valence-electron chi connectivity index (χ2n) is 11.0. The molecule has 0 amide bonds. The first-order chi connectivity index (χ1) is 19.8. The number of pyridine rings is 1. The van der Waals surface area contributed by atoms with E-state index in [2.05, 4.69) is 41.2 Å². The lowest BCUT2D eigenvalue weighted by Crippen LogP contribution is -2.38. The molecule has 2 aliphatic rings. The lowest BCUT2D eigenvalue weighted by Gasteiger charge is -2.37. The molecular formula is C32H31ClN4O3S. The normalized spacial score (nSPS) is 22.6. The number of halogens is 1. The van der Waals surface area contributed by atoms with Gasteiger partial charge in [0.25, 0.3) is 0 Å². The molecule has 2 saturated heterocycles. The zero-order valence-electron chi connectivity index (χ0n) is 22.8. The van der Waals surface area contributed by atoms with Crippen LogP contribution in [0.1, 0.15) is 54.2 Å². The molecule has 6 rings (SSSR count). The third kappa shape index (κ3) is 5.29. The summed E-state index contributed by atoms with van der Waals surface area (Å²) in [5.74, 6) is 1.29. The molecular weight excluding hydrogens is 556 g/mol. The molecule has 0 radical (unpaired) electrons. The maximum atomic E-state index is 11.9. The Morgan fingerprint density at radius 2 is 1.80 bits per heavy atom. The molecule has 4 atom stereocenters. The number of anilines is 2. The van der Waals surface area contributed by atoms with Crippen molar-refractivity contribution in [2.45, 2.75) is 32.4 Å². The van der Waals surface area contributed by atoms with Crippen molar-refractivity contribution in [3.63, 3.8) is 0 Å². The molecule has 0 aliphatic carbocycles. The van der Waals surface area contributed by atoms with Crippen molar-refractivity contribution in [2.75, 3.05) is 22.9 Å². The van der Waals surface area contributed by atoms with E-state index >= 15 is 0 Å². The van der Waals surface area contributed by atoms with E-state index in [9.17, 15) is 9.90 Å². The minimum absolute atomic E-state index is 0.176. The molecule has 2 aromatic carbocycles. The average molecular weight is 587 g/mol. The van der Waals surface area contributed by atoms with Crippen molar-refractivity contribution in [3.05, 3.63) is 101 Å². The number of rotatable bonds is 6. The number of benzene rings is 2. The van der Waals surface area contributed by atoms with E-state index < -0.39 is 5.97 Å². The summed E-state index contributed by atoms with van der Waals surface area (Å²) in [4.78, 5) is 20.9. The van der Waals surface area contributed by atoms with Crippen molar-refractivity contribution >= 4 is 46.3 Å². The lowest BCUT2D eigenvalue weighted by atomic mass is 9.91. The summed E-state index contributed by atoms with van der Waals surface area (Å²) in [6.07, 6.45) is 2.97. The van der Waals surface area contributed by atoms with Crippen molar-refractivity contribution < 1.29 is 14.3 Å². The molecule has 2 aromatic heterocycles. The second kappa shape index (κ2) is 11.2. The molecule has 0 spiro atoms. The van der Waals surface area contributed by atoms with E-state index in [0.717, 1.165) is 30.2 Å². The Bertz CT molecular complexity index is 1580. The second-order valence-corrected chi connectivity index (χ2v) is 11.8. The lowest BCUT2D eigenvalue weighted by molar-refractivity contribution is 0.0697. The van der Waals surface area contributed by atoms with Gasteiger partial charge in [0.1, 0.15) is 17.6 Å². The Morgan fingerprint density at radius 3 is 2.51 bits per heavy atom. The van der Waals surface area contributed by atoms with Crippen LogP contribution in [0.5, 0.6) is 0 Å². The van der Waals surface area contributed by atoms with Gasteiger partial charge in [-0.2, -0.15) is 0 Å². The van der Waals surface area contributed by atoms with Crippen LogP contribution in [-0.2, 0) is 0 Å². The van der Waals surface area contributed by atoms with Crippen LogP contribution >= 0.6 is 23.8 Å². The number of nitrogens with one attached hydrogen (secondary N) is 1. The molecule has 2 N–H and O–H groups in total. The molecule has 9 heteroatoms. The van der Waals surface area contributed by atoms with Crippen LogP contribution in [-0.4, -0.2) is 34.3 Å². The van der Waals surface area contributed by atoms with E-state index in [1.807, 2.05) is 35.2 Å². The number of hydrogen-bond acceptors (Lipinski definition) is 5. The monoisotopic (exact) mass is 586 g/mol. The number of carboxylic acid groups (broad SMARTS) is 1. The highest BCUT2D eigenvalue weighted by Gasteiger charge is 2.43. The third-order valence-corrected chi connectivity index (χ3v) is 8.48. The number of hydrogen-bond donors (Lipinski definition) is 2. The summed E-state index contributed by atoms with van der Waals surface area (Å²) >= 11 is 12.8. The van der Waals surface area contributed by atoms with Gasteiger partial charge in [-0.1, -0.05) is 49.7 Å². The van der Waals surface area contributed by atoms with E-state index in [-0.39, 0.29) is 17.6 Å². The first-order valence-corrected chi connectivity index (χ1v) is 14.6. The highest BCUT2D eigenvalue weighted by atomic mass is 35.5. The van der Waals surface area contributed by atoms with Gasteiger partial charge in [-0.25, -0.2) is 4.79 Å². The smallest absolute Gasteiger partial charge is 0.336 e. The Balaban J connectivity index is 1.40. The Hall–Kier alpha value is -3.88. The maximum absolute atomic E-state index is 11.9. The molecule has 0 unspecified atom stereocenters. The minimum Gasteiger partial charge on any atom is -0.478 e. The van der Waals surface area contributed by atoms with Gasteiger partial charge < -0.3 is 24.6 Å². The van der Waals surface area contributed by atoms with Gasteiger partial charge in [0.15, 0.2) is 5.11 Å². The summed E-state index contributed by atoms with van der Waals surface area (Å²) < 4.78 is 6.40. The molecule has 210 valence electrons. The van der Waals surface area contributed by atoms with Crippen molar-refractivity contribution in [1.82, 2.24) is 10.3 Å². The van der Waals surface area contributed by atoms with Gasteiger partial charge in [-0.15, -0.1) is 0 Å². The standard InChI is InChI=1S/C32H31ClN4O3S/c1-19-15-20(2)18-36(17-19)26-11-10-21(16-24(26)33)37-30(29(35-32(37)41)25-9-5-6-14-34-25)28-13-12-27(40-28)22-7-3-4-8-23(22)31(38)39/h3-14,16,19-20,29-30H,15,17-18H2,1-2H3,(H,35,41)(H,38,39)/t19-,20-,29+,30+/m1/s1. The number of furan rings is 1. The zero-order chi connectivity index (χ0) is 28.7. The molecule has 7 nitrogen and oxygen atoms in total. The fourth-order valence-corrected chi connectivity index (χ4v) is 6.86. The fourth-order valence-electron chi connectivity index (χ4n) is 6.22. The van der Waals surface area contributed by atoms with E-state index in [1.54, 1.807) is 36.5 Å². The fraction of sp³-hybridized carbons (Fsp3) is 0.281. The van der Waals surface area contributed by atoms with Crippen LogP contribution in [0.25, 0.3) is 11.3 Å². The van der Waals surface area contributed by atoms with Crippen molar-refractivity contribution in [3.8, 4) is 11.3 Å². The van der Waals surface area contributed by atoms with Gasteiger partial charge in [-0.3, -0.25) is 4.98 Å². The van der Waals surface area contributed by atoms with Gasteiger partial charge >= 0.3 is 5.97 Å². The van der Waals surface area contributed by atoms with Crippen LogP contribution in [0.4, 0.5) is 11.4 Å². The Morgan fingerprint density at radius 1 is 1.05 bits per heavy atom. The Kier molecular flexibility index (Phi) is 7.45. The Labute approximate surface area is 249 Å². The van der Waals surface area contributed by atoms with Crippen LogP contribution in [0, 0.1) is 11.8 Å². The van der Waals surface area contributed by atoms with Gasteiger partial charge in [0.2, 0.25) is 0 Å². The van der Waals surface area contributed by atoms with E-state index in [0.29, 0.717) is 39.1 Å². The van der Waals surface area contributed by atoms with Crippen molar-refractivity contribution in [1.29, 1.82) is 0 Å². The average Bonchev–Trinajstić information content (AvgIpc) is 3.57. The number of piperidine rings is 1. The number of aromatic nitrogens is 1. The zero-order valence-corrected chi connectivity index (χ0v) is 24.4. The van der Waals surface area contributed by atoms with Gasteiger partial charge in [-0.05, 0) is 79.0 Å². The van der Waals surface area contributed by atoms with Crippen LogP contribution in [0.3, 0.4) is 0 Å². The first-order valence-electron chi connectivity index (χ1n) is 13.8. The summed E-state index contributed by atoms with van der Waals surface area (Å²) in [6.45, 7) is 6.52. The molecule has 41 heavy (non-hydrogen) atoms. The predicted octanol–water partition coefficient (Wildman–Crippen LogP) is 7.35. The summed E-state index contributed by atoms with van der Waals surface area (Å²) in [5.41, 5.74) is 3.36. The van der Waals surface area contributed by atoms with E-state index in [4.69, 9.17) is 28.2 Å². The van der Waals surface area contributed by atoms with Crippen LogP contribution in [0.15, 0.2) is 83.4 Å². The summed E-state index contributed by atoms with van der Waals surface area (Å²) in [7, 11) is 0. The molecule has 4 aromatic rings. The summed E-state index contributed by atoms with van der Waals surface area (Å²) in [6, 6.07) is 21.7. The third-order valence-electron chi connectivity index (χ3n) is 7.86. The number of carbonyl (C=O) groups is 1. The molecule has 2 fully saturated rings. The highest BCUT2D eigenvalue weighted by Crippen LogP contribution is 2.45. The molecule has 0 bridgehead atoms. The number of aromatic carboxylic acids is 1. The molecule has 2 aliphatic heterocycles. The quantitative estimate of drug-likeness (QED) is 0.227. The molecule has 4 heterocycles. The van der Waals surface area contributed by atoms with E-state index in [1.165, 1.54) is 6.42 Å². The maximum Gasteiger partial charge on any atom is 0.336 e. The highest BCUT2D eigenvalue weighted by molar-refractivity contribution is 7.80. The van der Waals surface area contributed by atoms with Crippen molar-refractivity contribution in [2.24, 2.45) is 11.8 Å². The van der Waals surface area contributed by atoms with Gasteiger partial charge in [0.05, 0.1) is 28.0 Å². The summed E-state index contributed by atoms with van der Waals surface area (Å²) in [5, 5.41) is 14.4. The first kappa shape index (κ1) is 27.3. The number of carboxylic acids is 1.